The quantitative estimate of drug-likeness (QED) is 0.446. The zero-order chi connectivity index (χ0) is 21.5. The minimum atomic E-state index is -0.210. The molecule has 0 unspecified atom stereocenters. The van der Waals surface area contributed by atoms with Crippen LogP contribution >= 0.6 is 11.8 Å². The number of carbonyl (C=O) groups is 2. The second-order valence-electron chi connectivity index (χ2n) is 7.06. The predicted octanol–water partition coefficient (Wildman–Crippen LogP) is 4.15. The molecular formula is C24H23N3O3S. The van der Waals surface area contributed by atoms with Crippen molar-refractivity contribution in [2.75, 3.05) is 42.3 Å². The first-order valence-corrected chi connectivity index (χ1v) is 11.1. The Morgan fingerprint density at radius 3 is 2.48 bits per heavy atom. The van der Waals surface area contributed by atoms with E-state index in [0.717, 1.165) is 23.8 Å². The summed E-state index contributed by atoms with van der Waals surface area (Å²) in [4.78, 5) is 32.5. The second kappa shape index (κ2) is 10.2. The van der Waals surface area contributed by atoms with Crippen molar-refractivity contribution < 1.29 is 14.3 Å². The van der Waals surface area contributed by atoms with E-state index in [1.165, 1.54) is 11.8 Å². The average Bonchev–Trinajstić information content (AvgIpc) is 2.84. The number of anilines is 2. The van der Waals surface area contributed by atoms with E-state index in [1.807, 2.05) is 54.6 Å². The average molecular weight is 434 g/mol. The fourth-order valence-corrected chi connectivity index (χ4v) is 4.08. The van der Waals surface area contributed by atoms with Crippen molar-refractivity contribution in [1.82, 2.24) is 4.98 Å². The van der Waals surface area contributed by atoms with E-state index in [9.17, 15) is 9.59 Å². The van der Waals surface area contributed by atoms with Crippen molar-refractivity contribution in [3.8, 4) is 0 Å². The van der Waals surface area contributed by atoms with Gasteiger partial charge in [0.15, 0.2) is 5.78 Å². The molecule has 0 atom stereocenters. The van der Waals surface area contributed by atoms with Crippen LogP contribution in [0.2, 0.25) is 0 Å². The van der Waals surface area contributed by atoms with Crippen LogP contribution in [0.4, 0.5) is 11.5 Å². The largest absolute Gasteiger partial charge is 0.378 e. The molecule has 3 aromatic rings. The monoisotopic (exact) mass is 433 g/mol. The van der Waals surface area contributed by atoms with Crippen molar-refractivity contribution in [2.45, 2.75) is 4.90 Å². The van der Waals surface area contributed by atoms with Crippen LogP contribution in [-0.4, -0.2) is 48.7 Å². The van der Waals surface area contributed by atoms with E-state index in [4.69, 9.17) is 4.74 Å². The van der Waals surface area contributed by atoms with Crippen molar-refractivity contribution in [2.24, 2.45) is 0 Å². The Kier molecular flexibility index (Phi) is 6.96. The van der Waals surface area contributed by atoms with Gasteiger partial charge in [0, 0.05) is 29.1 Å². The van der Waals surface area contributed by atoms with Crippen molar-refractivity contribution in [3.63, 3.8) is 0 Å². The Morgan fingerprint density at radius 2 is 1.74 bits per heavy atom. The number of pyridine rings is 1. The van der Waals surface area contributed by atoms with Crippen LogP contribution < -0.4 is 10.2 Å². The number of nitrogens with zero attached hydrogens (tertiary/aromatic N) is 2. The third kappa shape index (κ3) is 5.71. The molecule has 1 aliphatic rings. The number of ketones is 1. The number of rotatable bonds is 7. The van der Waals surface area contributed by atoms with Gasteiger partial charge < -0.3 is 15.0 Å². The van der Waals surface area contributed by atoms with Gasteiger partial charge in [-0.1, -0.05) is 36.4 Å². The summed E-state index contributed by atoms with van der Waals surface area (Å²) in [6, 6.07) is 20.3. The molecule has 1 aliphatic heterocycles. The van der Waals surface area contributed by atoms with Gasteiger partial charge in [-0.2, -0.15) is 0 Å². The van der Waals surface area contributed by atoms with Crippen LogP contribution in [-0.2, 0) is 4.74 Å². The highest BCUT2D eigenvalue weighted by atomic mass is 32.2. The SMILES string of the molecule is O=C(CSc1cccc(C(=O)Nc2ccc(N3CCOCC3)nc2)c1)c1ccccc1. The highest BCUT2D eigenvalue weighted by molar-refractivity contribution is 8.00. The summed E-state index contributed by atoms with van der Waals surface area (Å²) in [6.45, 7) is 3.03. The third-order valence-corrected chi connectivity index (χ3v) is 5.90. The number of Topliss-reactive ketones (excluding diaryl/α,β-unsaturated/α-hetero) is 1. The fourth-order valence-electron chi connectivity index (χ4n) is 3.23. The van der Waals surface area contributed by atoms with Gasteiger partial charge in [0.25, 0.3) is 5.91 Å². The summed E-state index contributed by atoms with van der Waals surface area (Å²) in [5.74, 6) is 1.05. The maximum Gasteiger partial charge on any atom is 0.255 e. The van der Waals surface area contributed by atoms with E-state index in [0.29, 0.717) is 35.8 Å². The highest BCUT2D eigenvalue weighted by Gasteiger charge is 2.13. The van der Waals surface area contributed by atoms with Gasteiger partial charge in [-0.15, -0.1) is 11.8 Å². The molecular weight excluding hydrogens is 410 g/mol. The lowest BCUT2D eigenvalue weighted by Gasteiger charge is -2.27. The molecule has 158 valence electrons. The van der Waals surface area contributed by atoms with Gasteiger partial charge in [-0.05, 0) is 30.3 Å². The number of morpholine rings is 1. The summed E-state index contributed by atoms with van der Waals surface area (Å²) in [7, 11) is 0. The molecule has 0 spiro atoms. The molecule has 31 heavy (non-hydrogen) atoms. The van der Waals surface area contributed by atoms with Crippen LogP contribution in [0, 0.1) is 0 Å². The molecule has 0 aliphatic carbocycles. The van der Waals surface area contributed by atoms with E-state index in [1.54, 1.807) is 18.3 Å². The molecule has 1 N–H and O–H groups in total. The summed E-state index contributed by atoms with van der Waals surface area (Å²) in [5.41, 5.74) is 1.87. The van der Waals surface area contributed by atoms with E-state index in [2.05, 4.69) is 15.2 Å². The Bertz CT molecular complexity index is 1040. The van der Waals surface area contributed by atoms with Gasteiger partial charge in [0.05, 0.1) is 30.9 Å². The summed E-state index contributed by atoms with van der Waals surface area (Å²) in [6.07, 6.45) is 1.67. The number of hydrogen-bond donors (Lipinski definition) is 1. The Balaban J connectivity index is 1.35. The van der Waals surface area contributed by atoms with Gasteiger partial charge in [0.1, 0.15) is 5.82 Å². The molecule has 0 saturated carbocycles. The Morgan fingerprint density at radius 1 is 0.968 bits per heavy atom. The predicted molar refractivity (Wildman–Crippen MR) is 123 cm³/mol. The number of hydrogen-bond acceptors (Lipinski definition) is 6. The normalized spacial score (nSPS) is 13.6. The van der Waals surface area contributed by atoms with Crippen molar-refractivity contribution in [1.29, 1.82) is 0 Å². The molecule has 1 amide bonds. The van der Waals surface area contributed by atoms with Gasteiger partial charge >= 0.3 is 0 Å². The van der Waals surface area contributed by atoms with Crippen molar-refractivity contribution >= 4 is 35.0 Å². The first-order valence-electron chi connectivity index (χ1n) is 10.1. The number of thioether (sulfide) groups is 1. The summed E-state index contributed by atoms with van der Waals surface area (Å²) < 4.78 is 5.36. The molecule has 1 saturated heterocycles. The molecule has 1 aromatic heterocycles. The zero-order valence-electron chi connectivity index (χ0n) is 17.0. The zero-order valence-corrected chi connectivity index (χ0v) is 17.8. The number of carbonyl (C=O) groups excluding carboxylic acids is 2. The first kappa shape index (κ1) is 21.1. The Labute approximate surface area is 185 Å². The van der Waals surface area contributed by atoms with E-state index < -0.39 is 0 Å². The Hall–Kier alpha value is -3.16. The number of ether oxygens (including phenoxy) is 1. The van der Waals surface area contributed by atoms with Gasteiger partial charge in [-0.3, -0.25) is 9.59 Å². The molecule has 0 bridgehead atoms. The molecule has 2 aromatic carbocycles. The third-order valence-electron chi connectivity index (χ3n) is 4.90. The molecule has 4 rings (SSSR count). The van der Waals surface area contributed by atoms with E-state index >= 15 is 0 Å². The minimum absolute atomic E-state index is 0.0619. The summed E-state index contributed by atoms with van der Waals surface area (Å²) in [5, 5.41) is 2.89. The van der Waals surface area contributed by atoms with Crippen LogP contribution in [0.1, 0.15) is 20.7 Å². The second-order valence-corrected chi connectivity index (χ2v) is 8.11. The summed E-state index contributed by atoms with van der Waals surface area (Å²) >= 11 is 1.42. The van der Waals surface area contributed by atoms with Crippen LogP contribution in [0.5, 0.6) is 0 Å². The van der Waals surface area contributed by atoms with Gasteiger partial charge in [0.2, 0.25) is 0 Å². The lowest BCUT2D eigenvalue weighted by molar-refractivity contribution is 0.101. The molecule has 1 fully saturated rings. The first-order chi connectivity index (χ1) is 15.2. The molecule has 6 nitrogen and oxygen atoms in total. The maximum absolute atomic E-state index is 12.7. The lowest BCUT2D eigenvalue weighted by atomic mass is 10.2. The molecule has 0 radical (unpaired) electrons. The molecule has 7 heteroatoms. The van der Waals surface area contributed by atoms with Gasteiger partial charge in [-0.25, -0.2) is 4.98 Å². The lowest BCUT2D eigenvalue weighted by Crippen LogP contribution is -2.36. The maximum atomic E-state index is 12.7. The van der Waals surface area contributed by atoms with Crippen LogP contribution in [0.25, 0.3) is 0 Å². The van der Waals surface area contributed by atoms with Crippen LogP contribution in [0.3, 0.4) is 0 Å². The number of aromatic nitrogens is 1. The topological polar surface area (TPSA) is 71.5 Å². The van der Waals surface area contributed by atoms with Crippen molar-refractivity contribution in [3.05, 3.63) is 84.1 Å². The number of benzene rings is 2. The number of amides is 1. The number of nitrogens with one attached hydrogen (secondary N) is 1. The minimum Gasteiger partial charge on any atom is -0.378 e. The smallest absolute Gasteiger partial charge is 0.255 e. The standard InChI is InChI=1S/C24H23N3O3S/c28-22(18-5-2-1-3-6-18)17-31-21-8-4-7-19(15-21)24(29)26-20-9-10-23(25-16-20)27-11-13-30-14-12-27/h1-10,15-16H,11-14,17H2,(H,26,29). The fraction of sp³-hybridized carbons (Fsp3) is 0.208. The molecule has 2 heterocycles. The van der Waals surface area contributed by atoms with E-state index in [-0.39, 0.29) is 11.7 Å². The highest BCUT2D eigenvalue weighted by Crippen LogP contribution is 2.22. The van der Waals surface area contributed by atoms with Crippen LogP contribution in [0.15, 0.2) is 77.8 Å².